The van der Waals surface area contributed by atoms with Gasteiger partial charge in [-0.3, -0.25) is 10.1 Å². The summed E-state index contributed by atoms with van der Waals surface area (Å²) in [4.78, 5) is 10.6. The molecule has 0 fully saturated rings. The maximum atomic E-state index is 11.0. The summed E-state index contributed by atoms with van der Waals surface area (Å²) >= 11 is 0. The van der Waals surface area contributed by atoms with E-state index in [1.807, 2.05) is 48.5 Å². The zero-order valence-corrected chi connectivity index (χ0v) is 16.3. The van der Waals surface area contributed by atoms with Gasteiger partial charge in [0, 0.05) is 18.7 Å². The van der Waals surface area contributed by atoms with Crippen LogP contribution in [0.25, 0.3) is 0 Å². The molecular formula is C22H22N2O5. The highest BCUT2D eigenvalue weighted by molar-refractivity contribution is 5.61. The molecule has 7 heteroatoms. The molecule has 0 heterocycles. The van der Waals surface area contributed by atoms with Gasteiger partial charge in [-0.1, -0.05) is 36.4 Å². The molecule has 0 aromatic heterocycles. The molecular weight excluding hydrogens is 372 g/mol. The Morgan fingerprint density at radius 2 is 1.59 bits per heavy atom. The van der Waals surface area contributed by atoms with Crippen molar-refractivity contribution in [2.24, 2.45) is 0 Å². The number of anilines is 1. The molecule has 0 radical (unpaired) electrons. The summed E-state index contributed by atoms with van der Waals surface area (Å²) in [5, 5.41) is 14.2. The quantitative estimate of drug-likeness (QED) is 0.414. The number of ether oxygens (including phenoxy) is 3. The highest BCUT2D eigenvalue weighted by Crippen LogP contribution is 2.31. The zero-order valence-electron chi connectivity index (χ0n) is 16.3. The molecule has 0 spiro atoms. The van der Waals surface area contributed by atoms with Crippen LogP contribution in [0.5, 0.6) is 17.2 Å². The Kier molecular flexibility index (Phi) is 6.52. The maximum Gasteiger partial charge on any atom is 0.271 e. The number of nitrogens with zero attached hydrogens (tertiary/aromatic N) is 1. The van der Waals surface area contributed by atoms with Crippen LogP contribution in [-0.4, -0.2) is 19.1 Å². The van der Waals surface area contributed by atoms with Crippen molar-refractivity contribution in [3.05, 3.63) is 88.0 Å². The smallest absolute Gasteiger partial charge is 0.271 e. The monoisotopic (exact) mass is 394 g/mol. The predicted octanol–water partition coefficient (Wildman–Crippen LogP) is 4.80. The first-order chi connectivity index (χ1) is 14.1. The third-order valence-corrected chi connectivity index (χ3v) is 4.34. The first kappa shape index (κ1) is 20.0. The van der Waals surface area contributed by atoms with Crippen LogP contribution in [0.3, 0.4) is 0 Å². The van der Waals surface area contributed by atoms with Crippen molar-refractivity contribution in [2.75, 3.05) is 19.5 Å². The molecule has 0 saturated heterocycles. The zero-order chi connectivity index (χ0) is 20.6. The van der Waals surface area contributed by atoms with Gasteiger partial charge in [-0.25, -0.2) is 0 Å². The van der Waals surface area contributed by atoms with Crippen molar-refractivity contribution >= 4 is 11.4 Å². The number of hydrogen-bond acceptors (Lipinski definition) is 6. The van der Waals surface area contributed by atoms with Crippen LogP contribution in [0.15, 0.2) is 66.7 Å². The molecule has 7 nitrogen and oxygen atoms in total. The molecule has 0 aliphatic heterocycles. The van der Waals surface area contributed by atoms with Gasteiger partial charge in [0.05, 0.1) is 24.8 Å². The third-order valence-electron chi connectivity index (χ3n) is 4.34. The van der Waals surface area contributed by atoms with Crippen molar-refractivity contribution in [1.29, 1.82) is 0 Å². The fourth-order valence-corrected chi connectivity index (χ4v) is 2.82. The van der Waals surface area contributed by atoms with Crippen LogP contribution >= 0.6 is 0 Å². The van der Waals surface area contributed by atoms with E-state index in [1.165, 1.54) is 19.2 Å². The lowest BCUT2D eigenvalue weighted by molar-refractivity contribution is -0.384. The summed E-state index contributed by atoms with van der Waals surface area (Å²) < 4.78 is 16.6. The Morgan fingerprint density at radius 1 is 0.862 bits per heavy atom. The number of nitro groups is 1. The maximum absolute atomic E-state index is 11.0. The summed E-state index contributed by atoms with van der Waals surface area (Å²) in [6, 6.07) is 19.9. The van der Waals surface area contributed by atoms with E-state index in [4.69, 9.17) is 14.2 Å². The van der Waals surface area contributed by atoms with Gasteiger partial charge in [-0.2, -0.15) is 0 Å². The first-order valence-corrected chi connectivity index (χ1v) is 9.00. The van der Waals surface area contributed by atoms with Gasteiger partial charge in [0.1, 0.15) is 12.4 Å². The standard InChI is InChI=1S/C22H22N2O5/c1-27-20-11-9-18(24(25)26)13-19(20)23-14-17-8-10-21(28-2)22(12-17)29-15-16-6-4-3-5-7-16/h3-13,23H,14-15H2,1-2H3. The molecule has 0 bridgehead atoms. The highest BCUT2D eigenvalue weighted by Gasteiger charge is 2.12. The molecule has 3 aromatic rings. The molecule has 3 rings (SSSR count). The number of non-ortho nitro benzene ring substituents is 1. The number of nitrogens with one attached hydrogen (secondary N) is 1. The van der Waals surface area contributed by atoms with Crippen molar-refractivity contribution < 1.29 is 19.1 Å². The van der Waals surface area contributed by atoms with Gasteiger partial charge >= 0.3 is 0 Å². The van der Waals surface area contributed by atoms with Crippen LogP contribution in [0.1, 0.15) is 11.1 Å². The molecule has 0 aliphatic rings. The molecule has 0 saturated carbocycles. The minimum absolute atomic E-state index is 0.00471. The predicted molar refractivity (Wildman–Crippen MR) is 111 cm³/mol. The number of hydrogen-bond donors (Lipinski definition) is 1. The van der Waals surface area contributed by atoms with Gasteiger partial charge in [-0.05, 0) is 29.3 Å². The van der Waals surface area contributed by atoms with Crippen LogP contribution in [-0.2, 0) is 13.2 Å². The van der Waals surface area contributed by atoms with E-state index in [-0.39, 0.29) is 5.69 Å². The lowest BCUT2D eigenvalue weighted by atomic mass is 10.2. The van der Waals surface area contributed by atoms with E-state index in [0.29, 0.717) is 36.1 Å². The van der Waals surface area contributed by atoms with Gasteiger partial charge in [-0.15, -0.1) is 0 Å². The number of rotatable bonds is 9. The van der Waals surface area contributed by atoms with Gasteiger partial charge in [0.15, 0.2) is 11.5 Å². The van der Waals surface area contributed by atoms with E-state index in [2.05, 4.69) is 5.32 Å². The molecule has 29 heavy (non-hydrogen) atoms. The minimum Gasteiger partial charge on any atom is -0.495 e. The Bertz CT molecular complexity index is 976. The normalized spacial score (nSPS) is 10.3. The average Bonchev–Trinajstić information content (AvgIpc) is 2.76. The highest BCUT2D eigenvalue weighted by atomic mass is 16.6. The summed E-state index contributed by atoms with van der Waals surface area (Å²) in [6.07, 6.45) is 0. The molecule has 0 amide bonds. The second kappa shape index (κ2) is 9.45. The lowest BCUT2D eigenvalue weighted by Crippen LogP contribution is -2.04. The third kappa shape index (κ3) is 5.16. The summed E-state index contributed by atoms with van der Waals surface area (Å²) in [7, 11) is 3.12. The van der Waals surface area contributed by atoms with Crippen molar-refractivity contribution in [3.8, 4) is 17.2 Å². The van der Waals surface area contributed by atoms with Crippen molar-refractivity contribution in [2.45, 2.75) is 13.2 Å². The van der Waals surface area contributed by atoms with E-state index in [1.54, 1.807) is 13.2 Å². The lowest BCUT2D eigenvalue weighted by Gasteiger charge is -2.14. The second-order valence-electron chi connectivity index (χ2n) is 6.25. The topological polar surface area (TPSA) is 82.9 Å². The van der Waals surface area contributed by atoms with Gasteiger partial charge in [0.25, 0.3) is 5.69 Å². The number of methoxy groups -OCH3 is 2. The molecule has 150 valence electrons. The van der Waals surface area contributed by atoms with Crippen LogP contribution in [0.2, 0.25) is 0 Å². The summed E-state index contributed by atoms with van der Waals surface area (Å²) in [6.45, 7) is 0.857. The minimum atomic E-state index is -0.437. The molecule has 0 aliphatic carbocycles. The molecule has 1 N–H and O–H groups in total. The van der Waals surface area contributed by atoms with Gasteiger partial charge < -0.3 is 19.5 Å². The number of nitro benzene ring substituents is 1. The Morgan fingerprint density at radius 3 is 2.28 bits per heavy atom. The second-order valence-corrected chi connectivity index (χ2v) is 6.25. The average molecular weight is 394 g/mol. The van der Waals surface area contributed by atoms with E-state index < -0.39 is 4.92 Å². The van der Waals surface area contributed by atoms with Crippen molar-refractivity contribution in [3.63, 3.8) is 0 Å². The van der Waals surface area contributed by atoms with Crippen LogP contribution in [0.4, 0.5) is 11.4 Å². The first-order valence-electron chi connectivity index (χ1n) is 9.00. The largest absolute Gasteiger partial charge is 0.495 e. The Hall–Kier alpha value is -3.74. The fraction of sp³-hybridized carbons (Fsp3) is 0.182. The van der Waals surface area contributed by atoms with Gasteiger partial charge in [0.2, 0.25) is 0 Å². The summed E-state index contributed by atoms with van der Waals surface area (Å²) in [5.41, 5.74) is 2.53. The summed E-state index contributed by atoms with van der Waals surface area (Å²) in [5.74, 6) is 1.80. The Balaban J connectivity index is 1.74. The van der Waals surface area contributed by atoms with Crippen molar-refractivity contribution in [1.82, 2.24) is 0 Å². The molecule has 3 aromatic carbocycles. The molecule has 0 atom stereocenters. The number of benzene rings is 3. The van der Waals surface area contributed by atoms with E-state index >= 15 is 0 Å². The van der Waals surface area contributed by atoms with E-state index in [9.17, 15) is 10.1 Å². The van der Waals surface area contributed by atoms with Crippen LogP contribution in [0, 0.1) is 10.1 Å². The molecule has 0 unspecified atom stereocenters. The van der Waals surface area contributed by atoms with Crippen LogP contribution < -0.4 is 19.5 Å². The fourth-order valence-electron chi connectivity index (χ4n) is 2.82. The Labute approximate surface area is 169 Å². The van der Waals surface area contributed by atoms with E-state index in [0.717, 1.165) is 11.1 Å². The SMILES string of the molecule is COc1ccc([N+](=O)[O-])cc1NCc1ccc(OC)c(OCc2ccccc2)c1.